The van der Waals surface area contributed by atoms with Crippen LogP contribution < -0.4 is 4.74 Å². The number of fused-ring (bicyclic) bond motifs is 7. The molecule has 4 aromatic rings. The van der Waals surface area contributed by atoms with Gasteiger partial charge in [-0.15, -0.1) is 0 Å². The quantitative estimate of drug-likeness (QED) is 0.303. The summed E-state index contributed by atoms with van der Waals surface area (Å²) in [6.45, 7) is 4.90. The third-order valence-electron chi connectivity index (χ3n) is 6.50. The van der Waals surface area contributed by atoms with E-state index in [4.69, 9.17) is 9.47 Å². The van der Waals surface area contributed by atoms with Gasteiger partial charge in [0.1, 0.15) is 11.8 Å². The highest BCUT2D eigenvalue weighted by atomic mass is 79.9. The predicted molar refractivity (Wildman–Crippen MR) is 133 cm³/mol. The average Bonchev–Trinajstić information content (AvgIpc) is 3.15. The summed E-state index contributed by atoms with van der Waals surface area (Å²) in [6.07, 6.45) is 1.60. The predicted octanol–water partition coefficient (Wildman–Crippen LogP) is 6.40. The number of aryl methyl sites for hydroxylation is 3. The van der Waals surface area contributed by atoms with Crippen molar-refractivity contribution >= 4 is 43.7 Å². The van der Waals surface area contributed by atoms with Gasteiger partial charge >= 0.3 is 5.97 Å². The Balaban J connectivity index is 2.03. The first-order valence-corrected chi connectivity index (χ1v) is 11.9. The monoisotopic (exact) mass is 502 g/mol. The summed E-state index contributed by atoms with van der Waals surface area (Å²) in [5.41, 5.74) is 6.81. The van der Waals surface area contributed by atoms with E-state index in [1.54, 1.807) is 14.0 Å². The molecule has 0 N–H and O–H groups in total. The first kappa shape index (κ1) is 21.5. The molecule has 1 heterocycles. The van der Waals surface area contributed by atoms with Crippen molar-refractivity contribution in [1.82, 2.24) is 4.57 Å². The van der Waals surface area contributed by atoms with E-state index in [0.717, 1.165) is 73.7 Å². The third kappa shape index (κ3) is 3.14. The Morgan fingerprint density at radius 3 is 2.70 bits per heavy atom. The molecule has 6 heteroatoms. The Bertz CT molecular complexity index is 1490. The van der Waals surface area contributed by atoms with Crippen molar-refractivity contribution in [2.45, 2.75) is 33.2 Å². The van der Waals surface area contributed by atoms with E-state index in [-0.39, 0.29) is 6.61 Å². The van der Waals surface area contributed by atoms with Crippen LogP contribution >= 0.6 is 15.9 Å². The number of rotatable bonds is 4. The number of carbonyl (C=O) groups excluding carboxylic acids is 1. The molecule has 0 saturated carbocycles. The summed E-state index contributed by atoms with van der Waals surface area (Å²) >= 11 is 3.58. The van der Waals surface area contributed by atoms with E-state index in [9.17, 15) is 10.1 Å². The zero-order valence-electron chi connectivity index (χ0n) is 18.8. The zero-order chi connectivity index (χ0) is 23.3. The van der Waals surface area contributed by atoms with Crippen LogP contribution in [0, 0.1) is 11.3 Å². The Morgan fingerprint density at radius 1 is 1.18 bits per heavy atom. The molecule has 0 bridgehead atoms. The summed E-state index contributed by atoms with van der Waals surface area (Å²) in [4.78, 5) is 13.3. The highest BCUT2D eigenvalue weighted by Gasteiger charge is 2.32. The molecule has 0 spiro atoms. The third-order valence-corrected chi connectivity index (χ3v) is 6.99. The van der Waals surface area contributed by atoms with Gasteiger partial charge in [0.25, 0.3) is 0 Å². The molecule has 0 saturated heterocycles. The lowest BCUT2D eigenvalue weighted by Crippen LogP contribution is -2.16. The van der Waals surface area contributed by atoms with E-state index < -0.39 is 5.97 Å². The molecule has 1 aliphatic carbocycles. The lowest BCUT2D eigenvalue weighted by Gasteiger charge is -2.25. The molecule has 0 unspecified atom stereocenters. The van der Waals surface area contributed by atoms with Crippen LogP contribution in [-0.4, -0.2) is 24.3 Å². The van der Waals surface area contributed by atoms with Gasteiger partial charge in [-0.2, -0.15) is 5.26 Å². The van der Waals surface area contributed by atoms with E-state index in [1.807, 2.05) is 30.3 Å². The number of carbonyl (C=O) groups is 1. The number of benzene rings is 3. The normalized spacial score (nSPS) is 12.3. The molecule has 0 radical (unpaired) electrons. The molecule has 0 amide bonds. The van der Waals surface area contributed by atoms with Crippen LogP contribution in [0.15, 0.2) is 40.9 Å². The molecule has 5 nitrogen and oxygen atoms in total. The molecule has 3 aromatic carbocycles. The Kier molecular flexibility index (Phi) is 5.38. The summed E-state index contributed by atoms with van der Waals surface area (Å²) < 4.78 is 14.1. The molecule has 1 aliphatic rings. The van der Waals surface area contributed by atoms with Crippen LogP contribution in [0.1, 0.15) is 40.9 Å². The zero-order valence-corrected chi connectivity index (χ0v) is 20.4. The number of hydrogen-bond acceptors (Lipinski definition) is 4. The second-order valence-corrected chi connectivity index (χ2v) is 9.00. The van der Waals surface area contributed by atoms with Gasteiger partial charge in [0.2, 0.25) is 0 Å². The number of nitriles is 1. The first-order chi connectivity index (χ1) is 16.0. The molecule has 0 aliphatic heterocycles. The van der Waals surface area contributed by atoms with Crippen molar-refractivity contribution in [2.24, 2.45) is 0 Å². The van der Waals surface area contributed by atoms with E-state index in [0.29, 0.717) is 11.1 Å². The molecule has 0 atom stereocenters. The SMILES string of the molecule is CCOC(=O)c1c2c(c3c(c1C#N)c1cc(Br)ccc1n3CC)CCc1cc(OC)ccc1-2. The fourth-order valence-electron chi connectivity index (χ4n) is 5.21. The molecule has 0 fully saturated rings. The number of halogens is 1. The van der Waals surface area contributed by atoms with Gasteiger partial charge in [-0.3, -0.25) is 0 Å². The number of aromatic nitrogens is 1. The largest absolute Gasteiger partial charge is 0.497 e. The van der Waals surface area contributed by atoms with Gasteiger partial charge in [0.15, 0.2) is 0 Å². The molecule has 1 aromatic heterocycles. The molecule has 33 heavy (non-hydrogen) atoms. The summed E-state index contributed by atoms with van der Waals surface area (Å²) in [5, 5.41) is 12.2. The van der Waals surface area contributed by atoms with E-state index in [2.05, 4.69) is 39.6 Å². The van der Waals surface area contributed by atoms with Crippen LogP contribution in [0.5, 0.6) is 5.75 Å². The van der Waals surface area contributed by atoms with Crippen molar-refractivity contribution in [1.29, 1.82) is 5.26 Å². The van der Waals surface area contributed by atoms with Crippen LogP contribution in [0.25, 0.3) is 32.9 Å². The van der Waals surface area contributed by atoms with Gasteiger partial charge < -0.3 is 14.0 Å². The van der Waals surface area contributed by atoms with Crippen molar-refractivity contribution in [3.05, 3.63) is 63.1 Å². The first-order valence-electron chi connectivity index (χ1n) is 11.1. The summed E-state index contributed by atoms with van der Waals surface area (Å²) in [6, 6.07) is 14.4. The Hall–Kier alpha value is -3.30. The molecule has 5 rings (SSSR count). The van der Waals surface area contributed by atoms with E-state index in [1.165, 1.54) is 0 Å². The maximum Gasteiger partial charge on any atom is 0.340 e. The van der Waals surface area contributed by atoms with Crippen molar-refractivity contribution in [2.75, 3.05) is 13.7 Å². The standard InChI is InChI=1S/C27H23BrN2O3/c1-4-30-22-11-7-16(28)13-20(22)24-21(14-29)25(27(31)33-5-2)23-18-10-8-17(32-3)12-15(18)6-9-19(23)26(24)30/h7-8,10-13H,4-6,9H2,1-3H3. The van der Waals surface area contributed by atoms with Crippen molar-refractivity contribution < 1.29 is 14.3 Å². The Labute approximate surface area is 200 Å². The van der Waals surface area contributed by atoms with Gasteiger partial charge in [-0.25, -0.2) is 4.79 Å². The van der Waals surface area contributed by atoms with Crippen LogP contribution in [0.4, 0.5) is 0 Å². The van der Waals surface area contributed by atoms with Gasteiger partial charge in [0, 0.05) is 32.9 Å². The van der Waals surface area contributed by atoms with Gasteiger partial charge in [-0.1, -0.05) is 22.0 Å². The maximum atomic E-state index is 13.3. The topological polar surface area (TPSA) is 64.2 Å². The number of nitrogens with zero attached hydrogens (tertiary/aromatic N) is 2. The van der Waals surface area contributed by atoms with Crippen LogP contribution in [-0.2, 0) is 24.1 Å². The lowest BCUT2D eigenvalue weighted by molar-refractivity contribution is 0.0527. The minimum absolute atomic E-state index is 0.244. The fraction of sp³-hybridized carbons (Fsp3) is 0.259. The smallest absolute Gasteiger partial charge is 0.340 e. The van der Waals surface area contributed by atoms with Gasteiger partial charge in [0.05, 0.1) is 30.4 Å². The van der Waals surface area contributed by atoms with Crippen molar-refractivity contribution in [3.8, 4) is 22.9 Å². The molecular weight excluding hydrogens is 480 g/mol. The Morgan fingerprint density at radius 2 is 2.00 bits per heavy atom. The number of hydrogen-bond donors (Lipinski definition) is 0. The lowest BCUT2D eigenvalue weighted by atomic mass is 9.79. The fourth-order valence-corrected chi connectivity index (χ4v) is 5.57. The maximum absolute atomic E-state index is 13.3. The summed E-state index contributed by atoms with van der Waals surface area (Å²) in [7, 11) is 1.65. The highest BCUT2D eigenvalue weighted by Crippen LogP contribution is 2.46. The van der Waals surface area contributed by atoms with Crippen molar-refractivity contribution in [3.63, 3.8) is 0 Å². The second kappa shape index (κ2) is 8.24. The molecule has 166 valence electrons. The highest BCUT2D eigenvalue weighted by molar-refractivity contribution is 9.10. The summed E-state index contributed by atoms with van der Waals surface area (Å²) in [5.74, 6) is 0.326. The van der Waals surface area contributed by atoms with Gasteiger partial charge in [-0.05, 0) is 73.7 Å². The van der Waals surface area contributed by atoms with Crippen LogP contribution in [0.3, 0.4) is 0 Å². The minimum atomic E-state index is -0.455. The van der Waals surface area contributed by atoms with E-state index >= 15 is 0 Å². The minimum Gasteiger partial charge on any atom is -0.497 e. The average molecular weight is 503 g/mol. The number of esters is 1. The molecular formula is C27H23BrN2O3. The number of methoxy groups -OCH3 is 1. The number of ether oxygens (including phenoxy) is 2. The van der Waals surface area contributed by atoms with Crippen LogP contribution in [0.2, 0.25) is 0 Å². The second-order valence-electron chi connectivity index (χ2n) is 8.09.